The Bertz CT molecular complexity index is 616. The zero-order chi connectivity index (χ0) is 11.9. The molecule has 1 aromatic heterocycles. The first-order valence-electron chi connectivity index (χ1n) is 5.05. The quantitative estimate of drug-likeness (QED) is 0.828. The highest BCUT2D eigenvalue weighted by Crippen LogP contribution is 2.25. The van der Waals surface area contributed by atoms with E-state index in [1.54, 1.807) is 12.1 Å². The van der Waals surface area contributed by atoms with Gasteiger partial charge >= 0.3 is 0 Å². The molecule has 0 bridgehead atoms. The van der Waals surface area contributed by atoms with Crippen molar-refractivity contribution in [2.45, 2.75) is 20.3 Å². The van der Waals surface area contributed by atoms with E-state index in [9.17, 15) is 4.79 Å². The Balaban J connectivity index is 2.99. The van der Waals surface area contributed by atoms with Gasteiger partial charge in [-0.15, -0.1) is 0 Å². The number of H-pyrrole nitrogens is 1. The predicted molar refractivity (Wildman–Crippen MR) is 68.7 cm³/mol. The Morgan fingerprint density at radius 1 is 1.31 bits per heavy atom. The van der Waals surface area contributed by atoms with Gasteiger partial charge in [-0.2, -0.15) is 0 Å². The summed E-state index contributed by atoms with van der Waals surface area (Å²) in [5, 5.41) is 1.45. The van der Waals surface area contributed by atoms with Crippen LogP contribution in [-0.2, 0) is 6.42 Å². The molecule has 0 fully saturated rings. The third-order valence-corrected chi connectivity index (χ3v) is 3.20. The molecule has 0 atom stereocenters. The molecule has 0 aliphatic carbocycles. The summed E-state index contributed by atoms with van der Waals surface area (Å²) >= 11 is 11.9. The van der Waals surface area contributed by atoms with Gasteiger partial charge in [-0.1, -0.05) is 30.1 Å². The second-order valence-corrected chi connectivity index (χ2v) is 4.57. The second kappa shape index (κ2) is 4.11. The number of rotatable bonds is 1. The average Bonchev–Trinajstić information content (AvgIpc) is 2.15. The maximum Gasteiger partial charge on any atom is 0.194 e. The van der Waals surface area contributed by atoms with Gasteiger partial charge in [-0.3, -0.25) is 4.79 Å². The highest BCUT2D eigenvalue weighted by Gasteiger charge is 2.11. The summed E-state index contributed by atoms with van der Waals surface area (Å²) in [7, 11) is 0. The largest absolute Gasteiger partial charge is 0.358 e. The number of aryl methyl sites for hydroxylation is 1. The Kier molecular flexibility index (Phi) is 2.96. The Morgan fingerprint density at radius 3 is 2.62 bits per heavy atom. The van der Waals surface area contributed by atoms with Crippen molar-refractivity contribution in [2.75, 3.05) is 0 Å². The molecule has 0 radical (unpaired) electrons. The van der Waals surface area contributed by atoms with Gasteiger partial charge in [-0.05, 0) is 25.5 Å². The molecule has 1 heterocycles. The van der Waals surface area contributed by atoms with E-state index < -0.39 is 0 Å². The van der Waals surface area contributed by atoms with Gasteiger partial charge in [0.05, 0.1) is 15.9 Å². The maximum atomic E-state index is 12.2. The van der Waals surface area contributed by atoms with Crippen molar-refractivity contribution in [3.8, 4) is 0 Å². The smallest absolute Gasteiger partial charge is 0.194 e. The predicted octanol–water partition coefficient (Wildman–Crippen LogP) is 3.71. The van der Waals surface area contributed by atoms with Crippen LogP contribution in [-0.4, -0.2) is 4.98 Å². The molecule has 2 rings (SSSR count). The van der Waals surface area contributed by atoms with Crippen LogP contribution in [0.25, 0.3) is 10.9 Å². The molecule has 16 heavy (non-hydrogen) atoms. The molecule has 1 aromatic carbocycles. The number of hydrogen-bond donors (Lipinski definition) is 1. The summed E-state index contributed by atoms with van der Waals surface area (Å²) in [6.45, 7) is 3.84. The van der Waals surface area contributed by atoms with Gasteiger partial charge in [0, 0.05) is 16.3 Å². The highest BCUT2D eigenvalue weighted by atomic mass is 35.5. The first-order valence-corrected chi connectivity index (χ1v) is 5.80. The van der Waals surface area contributed by atoms with Crippen LogP contribution in [0.3, 0.4) is 0 Å². The number of halogens is 2. The van der Waals surface area contributed by atoms with E-state index in [-0.39, 0.29) is 5.43 Å². The number of benzene rings is 1. The molecule has 84 valence electrons. The van der Waals surface area contributed by atoms with E-state index in [1.165, 1.54) is 0 Å². The standard InChI is InChI=1S/C12H11Cl2NO/c1-3-8-6(2)15-10-5-7(13)4-9(14)11(10)12(8)16/h4-5H,3H2,1-2H3,(H,15,16). The van der Waals surface area contributed by atoms with Crippen molar-refractivity contribution >= 4 is 34.1 Å². The fourth-order valence-electron chi connectivity index (χ4n) is 1.93. The fraction of sp³-hybridized carbons (Fsp3) is 0.250. The lowest BCUT2D eigenvalue weighted by atomic mass is 10.1. The van der Waals surface area contributed by atoms with Crippen molar-refractivity contribution < 1.29 is 0 Å². The summed E-state index contributed by atoms with van der Waals surface area (Å²) in [5.74, 6) is 0. The van der Waals surface area contributed by atoms with Gasteiger partial charge in [0.2, 0.25) is 0 Å². The Hall–Kier alpha value is -0.990. The van der Waals surface area contributed by atoms with Crippen molar-refractivity contribution in [3.05, 3.63) is 43.7 Å². The molecule has 0 aliphatic rings. The molecule has 0 amide bonds. The van der Waals surface area contributed by atoms with Gasteiger partial charge in [0.1, 0.15) is 0 Å². The molecule has 0 saturated heterocycles. The molecule has 4 heteroatoms. The van der Waals surface area contributed by atoms with Crippen LogP contribution in [0.4, 0.5) is 0 Å². The minimum absolute atomic E-state index is 0.00424. The SMILES string of the molecule is CCc1c(C)[nH]c2cc(Cl)cc(Cl)c2c1=O. The van der Waals surface area contributed by atoms with E-state index in [1.807, 2.05) is 13.8 Å². The number of pyridine rings is 1. The molecular weight excluding hydrogens is 245 g/mol. The third kappa shape index (κ3) is 1.72. The van der Waals surface area contributed by atoms with E-state index in [4.69, 9.17) is 23.2 Å². The van der Waals surface area contributed by atoms with E-state index in [2.05, 4.69) is 4.98 Å². The first kappa shape index (κ1) is 11.5. The molecule has 2 nitrogen and oxygen atoms in total. The molecule has 0 saturated carbocycles. The number of fused-ring (bicyclic) bond motifs is 1. The molecule has 0 spiro atoms. The van der Waals surface area contributed by atoms with Crippen LogP contribution < -0.4 is 5.43 Å². The van der Waals surface area contributed by atoms with Crippen LogP contribution in [0.2, 0.25) is 10.0 Å². The van der Waals surface area contributed by atoms with Gasteiger partial charge < -0.3 is 4.98 Å². The maximum absolute atomic E-state index is 12.2. The van der Waals surface area contributed by atoms with Crippen LogP contribution in [0.5, 0.6) is 0 Å². The van der Waals surface area contributed by atoms with Crippen molar-refractivity contribution in [1.82, 2.24) is 4.98 Å². The minimum atomic E-state index is -0.00424. The lowest BCUT2D eigenvalue weighted by molar-refractivity contribution is 1.05. The van der Waals surface area contributed by atoms with Gasteiger partial charge in [0.15, 0.2) is 5.43 Å². The summed E-state index contributed by atoms with van der Waals surface area (Å²) in [6.07, 6.45) is 0.691. The summed E-state index contributed by atoms with van der Waals surface area (Å²) in [6, 6.07) is 3.31. The highest BCUT2D eigenvalue weighted by molar-refractivity contribution is 6.38. The van der Waals surface area contributed by atoms with Crippen LogP contribution in [0.15, 0.2) is 16.9 Å². The molecule has 2 aromatic rings. The fourth-order valence-corrected chi connectivity index (χ4v) is 2.51. The number of aromatic nitrogens is 1. The number of aromatic amines is 1. The van der Waals surface area contributed by atoms with Crippen molar-refractivity contribution in [1.29, 1.82) is 0 Å². The van der Waals surface area contributed by atoms with Gasteiger partial charge in [-0.25, -0.2) is 0 Å². The number of hydrogen-bond acceptors (Lipinski definition) is 1. The monoisotopic (exact) mass is 255 g/mol. The van der Waals surface area contributed by atoms with Crippen LogP contribution in [0.1, 0.15) is 18.2 Å². The normalized spacial score (nSPS) is 11.0. The zero-order valence-electron chi connectivity index (χ0n) is 9.03. The van der Waals surface area contributed by atoms with E-state index >= 15 is 0 Å². The van der Waals surface area contributed by atoms with Crippen LogP contribution >= 0.6 is 23.2 Å². The third-order valence-electron chi connectivity index (χ3n) is 2.68. The molecular formula is C12H11Cl2NO. The lowest BCUT2D eigenvalue weighted by Crippen LogP contribution is -2.12. The Labute approximate surface area is 103 Å². The second-order valence-electron chi connectivity index (χ2n) is 3.72. The van der Waals surface area contributed by atoms with Crippen LogP contribution in [0, 0.1) is 6.92 Å². The average molecular weight is 256 g/mol. The van der Waals surface area contributed by atoms with Crippen molar-refractivity contribution in [2.24, 2.45) is 0 Å². The summed E-state index contributed by atoms with van der Waals surface area (Å²) < 4.78 is 0. The van der Waals surface area contributed by atoms with E-state index in [0.717, 1.165) is 11.3 Å². The topological polar surface area (TPSA) is 32.9 Å². The van der Waals surface area contributed by atoms with E-state index in [0.29, 0.717) is 27.4 Å². The minimum Gasteiger partial charge on any atom is -0.358 e. The Morgan fingerprint density at radius 2 is 2.00 bits per heavy atom. The molecule has 0 unspecified atom stereocenters. The zero-order valence-corrected chi connectivity index (χ0v) is 10.5. The summed E-state index contributed by atoms with van der Waals surface area (Å²) in [5.41, 5.74) is 2.34. The number of nitrogens with one attached hydrogen (secondary N) is 1. The lowest BCUT2D eigenvalue weighted by Gasteiger charge is -2.07. The first-order chi connectivity index (χ1) is 7.54. The van der Waals surface area contributed by atoms with Crippen molar-refractivity contribution in [3.63, 3.8) is 0 Å². The van der Waals surface area contributed by atoms with Gasteiger partial charge in [0.25, 0.3) is 0 Å². The molecule has 1 N–H and O–H groups in total. The summed E-state index contributed by atoms with van der Waals surface area (Å²) in [4.78, 5) is 15.3. The molecule has 0 aliphatic heterocycles.